The lowest BCUT2D eigenvalue weighted by atomic mass is 10.1. The molecule has 0 heterocycles. The molecule has 0 unspecified atom stereocenters. The number of nitro groups is 1. The lowest BCUT2D eigenvalue weighted by Crippen LogP contribution is -2.31. The largest absolute Gasteiger partial charge is 0.452 e. The minimum atomic E-state index is -1.01. The Hall–Kier alpha value is -2.64. The number of carbonyl (C=O) groups excluding carboxylic acids is 2. The highest BCUT2D eigenvalue weighted by Gasteiger charge is 2.22. The van der Waals surface area contributed by atoms with Gasteiger partial charge in [-0.1, -0.05) is 35.3 Å². The number of benzene rings is 2. The number of carbonyl (C=O) groups is 2. The van der Waals surface area contributed by atoms with E-state index >= 15 is 0 Å². The molecule has 2 aromatic carbocycles. The van der Waals surface area contributed by atoms with Crippen molar-refractivity contribution in [3.05, 3.63) is 73.8 Å². The molecule has 9 heteroatoms. The van der Waals surface area contributed by atoms with Gasteiger partial charge in [-0.25, -0.2) is 4.79 Å². The van der Waals surface area contributed by atoms with Crippen molar-refractivity contribution in [1.29, 1.82) is 0 Å². The van der Waals surface area contributed by atoms with Crippen LogP contribution in [0, 0.1) is 10.1 Å². The van der Waals surface area contributed by atoms with Crippen molar-refractivity contribution in [2.75, 3.05) is 6.61 Å². The molecule has 0 aliphatic rings. The highest BCUT2D eigenvalue weighted by atomic mass is 35.5. The lowest BCUT2D eigenvalue weighted by Gasteiger charge is -2.14. The van der Waals surface area contributed by atoms with Crippen LogP contribution in [0.5, 0.6) is 0 Å². The fraction of sp³-hybridized carbons (Fsp3) is 0.176. The summed E-state index contributed by atoms with van der Waals surface area (Å²) in [6.45, 7) is 1.17. The summed E-state index contributed by atoms with van der Waals surface area (Å²) in [7, 11) is 0. The minimum absolute atomic E-state index is 0.142. The van der Waals surface area contributed by atoms with Gasteiger partial charge in [0.05, 0.1) is 11.0 Å². The number of nitrogens with zero attached hydrogens (tertiary/aromatic N) is 1. The summed E-state index contributed by atoms with van der Waals surface area (Å²) in [6.07, 6.45) is 0. The number of halogens is 2. The van der Waals surface area contributed by atoms with E-state index in [0.29, 0.717) is 5.02 Å². The highest BCUT2D eigenvalue weighted by Crippen LogP contribution is 2.23. The number of hydrogen-bond acceptors (Lipinski definition) is 5. The summed E-state index contributed by atoms with van der Waals surface area (Å²) in [5.74, 6) is -1.56. The van der Waals surface area contributed by atoms with E-state index in [1.165, 1.54) is 6.07 Å². The van der Waals surface area contributed by atoms with Crippen LogP contribution in [0.2, 0.25) is 10.0 Å². The van der Waals surface area contributed by atoms with Gasteiger partial charge >= 0.3 is 5.97 Å². The lowest BCUT2D eigenvalue weighted by molar-refractivity contribution is -0.385. The van der Waals surface area contributed by atoms with Crippen LogP contribution >= 0.6 is 23.2 Å². The number of nitrogens with one attached hydrogen (secondary N) is 1. The van der Waals surface area contributed by atoms with Crippen molar-refractivity contribution >= 4 is 40.8 Å². The van der Waals surface area contributed by atoms with Gasteiger partial charge in [-0.05, 0) is 36.8 Å². The van der Waals surface area contributed by atoms with Gasteiger partial charge in [0.1, 0.15) is 5.56 Å². The van der Waals surface area contributed by atoms with E-state index in [4.69, 9.17) is 27.9 Å². The van der Waals surface area contributed by atoms with Crippen LogP contribution in [0.1, 0.15) is 28.9 Å². The third-order valence-corrected chi connectivity index (χ3v) is 3.94. The number of rotatable bonds is 6. The molecule has 0 aromatic heterocycles. The molecule has 1 amide bonds. The first-order chi connectivity index (χ1) is 12.3. The molecule has 0 saturated heterocycles. The number of amides is 1. The SMILES string of the molecule is C[C@@H](NC(=O)COC(=O)c1cc(Cl)ccc1[N+](=O)[O-])c1ccc(Cl)cc1. The molecule has 0 bridgehead atoms. The molecule has 1 N–H and O–H groups in total. The molecule has 7 nitrogen and oxygen atoms in total. The summed E-state index contributed by atoms with van der Waals surface area (Å²) in [6, 6.07) is 10.1. The molecule has 2 aromatic rings. The van der Waals surface area contributed by atoms with E-state index in [1.54, 1.807) is 31.2 Å². The Labute approximate surface area is 159 Å². The summed E-state index contributed by atoms with van der Waals surface area (Å²) < 4.78 is 4.86. The molecule has 0 fully saturated rings. The average Bonchev–Trinajstić information content (AvgIpc) is 2.59. The molecular formula is C17H14Cl2N2O5. The number of esters is 1. The monoisotopic (exact) mass is 396 g/mol. The zero-order valence-corrected chi connectivity index (χ0v) is 15.1. The maximum Gasteiger partial charge on any atom is 0.345 e. The van der Waals surface area contributed by atoms with Gasteiger partial charge in [-0.2, -0.15) is 0 Å². The van der Waals surface area contributed by atoms with Crippen LogP contribution in [0.15, 0.2) is 42.5 Å². The third-order valence-electron chi connectivity index (χ3n) is 3.46. The molecule has 136 valence electrons. The van der Waals surface area contributed by atoms with Crippen molar-refractivity contribution in [3.63, 3.8) is 0 Å². The highest BCUT2D eigenvalue weighted by molar-refractivity contribution is 6.31. The van der Waals surface area contributed by atoms with Gasteiger partial charge in [-0.15, -0.1) is 0 Å². The molecule has 2 rings (SSSR count). The predicted octanol–water partition coefficient (Wildman–Crippen LogP) is 3.94. The zero-order valence-electron chi connectivity index (χ0n) is 13.6. The first-order valence-electron chi connectivity index (χ1n) is 7.44. The standard InChI is InChI=1S/C17H14Cl2N2O5/c1-10(11-2-4-12(18)5-3-11)20-16(22)9-26-17(23)14-8-13(19)6-7-15(14)21(24)25/h2-8,10H,9H2,1H3,(H,20,22)/t10-/m1/s1. The van der Waals surface area contributed by atoms with Crippen molar-refractivity contribution in [1.82, 2.24) is 5.32 Å². The topological polar surface area (TPSA) is 98.5 Å². The zero-order chi connectivity index (χ0) is 19.3. The van der Waals surface area contributed by atoms with Gasteiger partial charge in [0, 0.05) is 16.1 Å². The van der Waals surface area contributed by atoms with E-state index in [1.807, 2.05) is 0 Å². The van der Waals surface area contributed by atoms with E-state index in [-0.39, 0.29) is 16.6 Å². The Bertz CT molecular complexity index is 840. The van der Waals surface area contributed by atoms with Crippen LogP contribution in [0.4, 0.5) is 5.69 Å². The second kappa shape index (κ2) is 8.64. The summed E-state index contributed by atoms with van der Waals surface area (Å²) in [5, 5.41) is 14.3. The fourth-order valence-corrected chi connectivity index (χ4v) is 2.46. The van der Waals surface area contributed by atoms with Crippen molar-refractivity contribution in [2.24, 2.45) is 0 Å². The van der Waals surface area contributed by atoms with Crippen LogP contribution < -0.4 is 5.32 Å². The van der Waals surface area contributed by atoms with Crippen LogP contribution in [0.3, 0.4) is 0 Å². The average molecular weight is 397 g/mol. The second-order valence-corrected chi connectivity index (χ2v) is 6.21. The Morgan fingerprint density at radius 2 is 1.77 bits per heavy atom. The first-order valence-corrected chi connectivity index (χ1v) is 8.19. The van der Waals surface area contributed by atoms with Crippen LogP contribution in [-0.4, -0.2) is 23.4 Å². The maximum atomic E-state index is 12.0. The van der Waals surface area contributed by atoms with Crippen LogP contribution in [0.25, 0.3) is 0 Å². The Kier molecular flexibility index (Phi) is 6.54. The predicted molar refractivity (Wildman–Crippen MR) is 96.4 cm³/mol. The minimum Gasteiger partial charge on any atom is -0.452 e. The maximum absolute atomic E-state index is 12.0. The molecule has 26 heavy (non-hydrogen) atoms. The smallest absolute Gasteiger partial charge is 0.345 e. The van der Waals surface area contributed by atoms with Gasteiger partial charge in [-0.3, -0.25) is 14.9 Å². The number of hydrogen-bond donors (Lipinski definition) is 1. The normalized spacial score (nSPS) is 11.5. The fourth-order valence-electron chi connectivity index (χ4n) is 2.16. The molecular weight excluding hydrogens is 383 g/mol. The molecule has 0 radical (unpaired) electrons. The molecule has 0 aliphatic carbocycles. The third kappa shape index (κ3) is 5.18. The van der Waals surface area contributed by atoms with Gasteiger partial charge in [0.15, 0.2) is 6.61 Å². The molecule has 0 spiro atoms. The first kappa shape index (κ1) is 19.7. The number of nitro benzene ring substituents is 1. The summed E-state index contributed by atoms with van der Waals surface area (Å²) >= 11 is 11.6. The molecule has 1 atom stereocenters. The van der Waals surface area contributed by atoms with Crippen molar-refractivity contribution in [3.8, 4) is 0 Å². The van der Waals surface area contributed by atoms with E-state index < -0.39 is 29.1 Å². The quantitative estimate of drug-likeness (QED) is 0.452. The Morgan fingerprint density at radius 3 is 2.38 bits per heavy atom. The summed E-state index contributed by atoms with van der Waals surface area (Å²) in [5.41, 5.74) is 0.0509. The number of ether oxygens (including phenoxy) is 1. The van der Waals surface area contributed by atoms with Crippen LogP contribution in [-0.2, 0) is 9.53 Å². The second-order valence-electron chi connectivity index (χ2n) is 5.34. The molecule has 0 saturated carbocycles. The Morgan fingerprint density at radius 1 is 1.15 bits per heavy atom. The van der Waals surface area contributed by atoms with Gasteiger partial charge in [0.25, 0.3) is 11.6 Å². The van der Waals surface area contributed by atoms with Gasteiger partial charge in [0.2, 0.25) is 0 Å². The van der Waals surface area contributed by atoms with E-state index in [9.17, 15) is 19.7 Å². The molecule has 0 aliphatic heterocycles. The Balaban J connectivity index is 1.97. The summed E-state index contributed by atoms with van der Waals surface area (Å²) in [4.78, 5) is 34.2. The van der Waals surface area contributed by atoms with Crippen molar-refractivity contribution < 1.29 is 19.2 Å². The van der Waals surface area contributed by atoms with Crippen molar-refractivity contribution in [2.45, 2.75) is 13.0 Å². The van der Waals surface area contributed by atoms with E-state index in [0.717, 1.165) is 17.7 Å². The van der Waals surface area contributed by atoms with Gasteiger partial charge < -0.3 is 10.1 Å². The van der Waals surface area contributed by atoms with E-state index in [2.05, 4.69) is 5.32 Å².